The van der Waals surface area contributed by atoms with E-state index in [-0.39, 0.29) is 12.4 Å². The summed E-state index contributed by atoms with van der Waals surface area (Å²) in [5.74, 6) is 1.49. The van der Waals surface area contributed by atoms with Crippen LogP contribution < -0.4 is 4.84 Å². The fourth-order valence-corrected chi connectivity index (χ4v) is 2.48. The van der Waals surface area contributed by atoms with Crippen molar-refractivity contribution in [2.75, 3.05) is 19.6 Å². The van der Waals surface area contributed by atoms with Gasteiger partial charge in [0.05, 0.1) is 5.71 Å². The first-order valence-corrected chi connectivity index (χ1v) is 5.93. The molecule has 0 radical (unpaired) electrons. The summed E-state index contributed by atoms with van der Waals surface area (Å²) in [5, 5.41) is 4.31. The van der Waals surface area contributed by atoms with Crippen LogP contribution in [0.25, 0.3) is 0 Å². The monoisotopic (exact) mass is 252 g/mol. The molecule has 2 bridgehead atoms. The Morgan fingerprint density at radius 2 is 1.82 bits per heavy atom. The van der Waals surface area contributed by atoms with Crippen molar-refractivity contribution >= 4 is 18.1 Å². The second-order valence-corrected chi connectivity index (χ2v) is 4.54. The maximum atomic E-state index is 5.46. The van der Waals surface area contributed by atoms with E-state index in [2.05, 4.69) is 10.1 Å². The molecule has 1 aromatic carbocycles. The van der Waals surface area contributed by atoms with Gasteiger partial charge in [0.1, 0.15) is 0 Å². The molecule has 0 atom stereocenters. The van der Waals surface area contributed by atoms with Gasteiger partial charge >= 0.3 is 0 Å². The van der Waals surface area contributed by atoms with Gasteiger partial charge in [0.25, 0.3) is 0 Å². The molecule has 0 aliphatic carbocycles. The van der Waals surface area contributed by atoms with E-state index in [0.29, 0.717) is 5.92 Å². The highest BCUT2D eigenvalue weighted by Gasteiger charge is 2.31. The van der Waals surface area contributed by atoms with Crippen LogP contribution in [0, 0.1) is 5.92 Å². The normalized spacial score (nSPS) is 28.8. The molecule has 0 unspecified atom stereocenters. The van der Waals surface area contributed by atoms with Crippen LogP contribution in [0.3, 0.4) is 0 Å². The predicted molar refractivity (Wildman–Crippen MR) is 70.9 cm³/mol. The number of oxime groups is 1. The third kappa shape index (κ3) is 2.79. The summed E-state index contributed by atoms with van der Waals surface area (Å²) in [4.78, 5) is 7.91. The van der Waals surface area contributed by atoms with Crippen LogP contribution in [0.1, 0.15) is 12.8 Å². The summed E-state index contributed by atoms with van der Waals surface area (Å²) in [5.41, 5.74) is 1.22. The standard InChI is InChI=1S/C13H16N2O.ClH/c1-2-4-12(5-3-1)16-14-13-10-15-8-6-11(13)7-9-15;/h1-5,11H,6-10H2;1H. The Labute approximate surface area is 108 Å². The molecule has 3 fully saturated rings. The van der Waals surface area contributed by atoms with Crippen molar-refractivity contribution in [2.45, 2.75) is 12.8 Å². The summed E-state index contributed by atoms with van der Waals surface area (Å²) in [7, 11) is 0. The fourth-order valence-electron chi connectivity index (χ4n) is 2.48. The van der Waals surface area contributed by atoms with Gasteiger partial charge in [0, 0.05) is 12.5 Å². The Balaban J connectivity index is 0.00000108. The molecule has 3 aliphatic rings. The van der Waals surface area contributed by atoms with Crippen LogP contribution in [0.2, 0.25) is 0 Å². The van der Waals surface area contributed by atoms with E-state index >= 15 is 0 Å². The minimum atomic E-state index is 0. The van der Waals surface area contributed by atoms with Crippen molar-refractivity contribution in [1.82, 2.24) is 4.90 Å². The summed E-state index contributed by atoms with van der Waals surface area (Å²) < 4.78 is 0. The van der Waals surface area contributed by atoms with Gasteiger partial charge in [-0.05, 0) is 38.1 Å². The molecular formula is C13H17ClN2O. The number of fused-ring (bicyclic) bond motifs is 3. The Bertz CT molecular complexity index is 386. The second-order valence-electron chi connectivity index (χ2n) is 4.54. The number of hydrogen-bond donors (Lipinski definition) is 0. The first-order chi connectivity index (χ1) is 7.92. The van der Waals surface area contributed by atoms with Crippen molar-refractivity contribution in [1.29, 1.82) is 0 Å². The lowest BCUT2D eigenvalue weighted by Crippen LogP contribution is -2.48. The number of halogens is 1. The highest BCUT2D eigenvalue weighted by molar-refractivity contribution is 5.89. The van der Waals surface area contributed by atoms with Crippen LogP contribution in [-0.2, 0) is 0 Å². The van der Waals surface area contributed by atoms with Gasteiger partial charge in [-0.25, -0.2) is 0 Å². The number of benzene rings is 1. The number of rotatable bonds is 2. The van der Waals surface area contributed by atoms with Crippen molar-refractivity contribution in [3.8, 4) is 5.75 Å². The molecule has 3 saturated heterocycles. The van der Waals surface area contributed by atoms with Gasteiger partial charge in [0.2, 0.25) is 0 Å². The quantitative estimate of drug-likeness (QED) is 0.756. The zero-order valence-corrected chi connectivity index (χ0v) is 10.5. The molecule has 3 heterocycles. The van der Waals surface area contributed by atoms with Crippen molar-refractivity contribution < 1.29 is 4.84 Å². The summed E-state index contributed by atoms with van der Waals surface area (Å²) in [6.45, 7) is 3.46. The van der Waals surface area contributed by atoms with Gasteiger partial charge < -0.3 is 4.84 Å². The maximum absolute atomic E-state index is 5.46. The molecule has 17 heavy (non-hydrogen) atoms. The highest BCUT2D eigenvalue weighted by atomic mass is 35.5. The number of para-hydroxylation sites is 1. The largest absolute Gasteiger partial charge is 0.357 e. The Kier molecular flexibility index (Phi) is 4.02. The van der Waals surface area contributed by atoms with Gasteiger partial charge in [-0.1, -0.05) is 23.4 Å². The van der Waals surface area contributed by atoms with Crippen LogP contribution in [0.5, 0.6) is 5.75 Å². The third-order valence-electron chi connectivity index (χ3n) is 3.46. The van der Waals surface area contributed by atoms with E-state index in [0.717, 1.165) is 12.3 Å². The van der Waals surface area contributed by atoms with Crippen LogP contribution in [0.15, 0.2) is 35.5 Å². The topological polar surface area (TPSA) is 24.8 Å². The van der Waals surface area contributed by atoms with E-state index in [1.54, 1.807) is 0 Å². The molecule has 0 aromatic heterocycles. The first-order valence-electron chi connectivity index (χ1n) is 5.93. The number of hydrogen-bond acceptors (Lipinski definition) is 3. The summed E-state index contributed by atoms with van der Waals surface area (Å²) >= 11 is 0. The van der Waals surface area contributed by atoms with E-state index in [4.69, 9.17) is 4.84 Å². The SMILES string of the molecule is Cl.c1ccc(ON=C2CN3CCC2CC3)cc1. The van der Waals surface area contributed by atoms with Gasteiger partial charge in [0.15, 0.2) is 5.75 Å². The zero-order chi connectivity index (χ0) is 10.8. The zero-order valence-electron chi connectivity index (χ0n) is 9.71. The smallest absolute Gasteiger partial charge is 0.157 e. The Hall–Kier alpha value is -1.06. The van der Waals surface area contributed by atoms with Crippen LogP contribution in [-0.4, -0.2) is 30.2 Å². The molecule has 0 N–H and O–H groups in total. The molecule has 4 heteroatoms. The number of nitrogens with zero attached hydrogens (tertiary/aromatic N) is 2. The van der Waals surface area contributed by atoms with Gasteiger partial charge in [-0.3, -0.25) is 4.90 Å². The summed E-state index contributed by atoms with van der Waals surface area (Å²) in [6.07, 6.45) is 2.49. The fraction of sp³-hybridized carbons (Fsp3) is 0.462. The van der Waals surface area contributed by atoms with Crippen LogP contribution >= 0.6 is 12.4 Å². The molecular weight excluding hydrogens is 236 g/mol. The molecule has 0 amide bonds. The van der Waals surface area contributed by atoms with Gasteiger partial charge in [-0.15, -0.1) is 12.4 Å². The predicted octanol–water partition coefficient (Wildman–Crippen LogP) is 2.57. The molecule has 92 valence electrons. The minimum absolute atomic E-state index is 0. The Morgan fingerprint density at radius 3 is 2.41 bits per heavy atom. The van der Waals surface area contributed by atoms with E-state index in [1.807, 2.05) is 30.3 Å². The maximum Gasteiger partial charge on any atom is 0.157 e. The number of piperidine rings is 3. The van der Waals surface area contributed by atoms with Gasteiger partial charge in [-0.2, -0.15) is 0 Å². The highest BCUT2D eigenvalue weighted by Crippen LogP contribution is 2.25. The van der Waals surface area contributed by atoms with E-state index in [9.17, 15) is 0 Å². The molecule has 4 rings (SSSR count). The average Bonchev–Trinajstić information content (AvgIpc) is 2.39. The van der Waals surface area contributed by atoms with Crippen molar-refractivity contribution in [3.63, 3.8) is 0 Å². The lowest BCUT2D eigenvalue weighted by atomic mass is 9.87. The Morgan fingerprint density at radius 1 is 1.12 bits per heavy atom. The summed E-state index contributed by atoms with van der Waals surface area (Å²) in [6, 6.07) is 9.78. The second kappa shape index (κ2) is 5.52. The molecule has 3 nitrogen and oxygen atoms in total. The van der Waals surface area contributed by atoms with Crippen molar-refractivity contribution in [3.05, 3.63) is 30.3 Å². The average molecular weight is 253 g/mol. The van der Waals surface area contributed by atoms with Crippen LogP contribution in [0.4, 0.5) is 0 Å². The molecule has 0 saturated carbocycles. The van der Waals surface area contributed by atoms with E-state index in [1.165, 1.54) is 31.6 Å². The minimum Gasteiger partial charge on any atom is -0.357 e. The lowest BCUT2D eigenvalue weighted by Gasteiger charge is -2.39. The molecule has 3 aliphatic heterocycles. The lowest BCUT2D eigenvalue weighted by molar-refractivity contribution is 0.192. The molecule has 1 aromatic rings. The van der Waals surface area contributed by atoms with E-state index < -0.39 is 0 Å². The molecule has 0 spiro atoms. The third-order valence-corrected chi connectivity index (χ3v) is 3.46. The van der Waals surface area contributed by atoms with Crippen molar-refractivity contribution in [2.24, 2.45) is 11.1 Å². The first kappa shape index (κ1) is 12.4.